The van der Waals surface area contributed by atoms with Crippen LogP contribution >= 0.6 is 0 Å². The minimum absolute atomic E-state index is 0.0298. The van der Waals surface area contributed by atoms with E-state index in [1.807, 2.05) is 52.0 Å². The molecule has 24 nitrogen and oxygen atoms in total. The Balaban J connectivity index is 1.56. The van der Waals surface area contributed by atoms with E-state index in [0.717, 1.165) is 17.8 Å². The monoisotopic (exact) mass is 1050 g/mol. The van der Waals surface area contributed by atoms with Crippen molar-refractivity contribution in [3.05, 3.63) is 36.0 Å². The summed E-state index contributed by atoms with van der Waals surface area (Å²) in [6.07, 6.45) is 3.40. The zero-order chi connectivity index (χ0) is 55.5. The van der Waals surface area contributed by atoms with Gasteiger partial charge in [-0.3, -0.25) is 52.7 Å². The van der Waals surface area contributed by atoms with E-state index in [9.17, 15) is 67.7 Å². The SMILES string of the molecule is CCCC[C@H](NC(=O)[C@H](CCC(=O)C(N)=O)NC(=O)C(CC(=O)O)NC(C)=O)C(=O)N[C@@H](CCCC)C(=O)N[C@@H](CC(C)C)C(=O)N1CCC[C@H]1C(=O)N[C@@H](Cc1c[nH]c2ccccc12)C(=O)N1CCC[C@H]1C(=O)O. The van der Waals surface area contributed by atoms with Gasteiger partial charge in [0, 0.05) is 50.0 Å². The third-order valence-corrected chi connectivity index (χ3v) is 13.3. The summed E-state index contributed by atoms with van der Waals surface area (Å²) in [6, 6.07) is -2.92. The number of hydrogen-bond donors (Lipinski definition) is 10. The second kappa shape index (κ2) is 28.9. The number of nitrogens with zero attached hydrogens (tertiary/aromatic N) is 2. The van der Waals surface area contributed by atoms with Gasteiger partial charge in [-0.05, 0) is 68.9 Å². The van der Waals surface area contributed by atoms with Crippen molar-refractivity contribution in [2.24, 2.45) is 11.7 Å². The second-order valence-electron chi connectivity index (χ2n) is 19.7. The van der Waals surface area contributed by atoms with Crippen molar-refractivity contribution in [3.63, 3.8) is 0 Å². The summed E-state index contributed by atoms with van der Waals surface area (Å²) in [5, 5.41) is 35.6. The number of fused-ring (bicyclic) bond motifs is 1. The second-order valence-corrected chi connectivity index (χ2v) is 19.7. The Bertz CT molecular complexity index is 2410. The molecule has 0 bridgehead atoms. The van der Waals surface area contributed by atoms with Gasteiger partial charge in [0.25, 0.3) is 5.91 Å². The number of aliphatic carboxylic acids is 2. The summed E-state index contributed by atoms with van der Waals surface area (Å²) in [5.41, 5.74) is 6.62. The molecule has 2 aliphatic heterocycles. The number of H-pyrrole nitrogens is 1. The van der Waals surface area contributed by atoms with Gasteiger partial charge in [0.2, 0.25) is 53.0 Å². The molecule has 0 saturated carbocycles. The number of nitrogens with two attached hydrogens (primary N) is 1. The van der Waals surface area contributed by atoms with E-state index in [1.54, 1.807) is 6.20 Å². The van der Waals surface area contributed by atoms with Crippen LogP contribution in [0.2, 0.25) is 0 Å². The van der Waals surface area contributed by atoms with Crippen molar-refractivity contribution in [3.8, 4) is 0 Å². The molecule has 2 aliphatic rings. The number of ketones is 1. The fourth-order valence-corrected chi connectivity index (χ4v) is 9.41. The van der Waals surface area contributed by atoms with Gasteiger partial charge < -0.3 is 62.6 Å². The van der Waals surface area contributed by atoms with Gasteiger partial charge in [-0.15, -0.1) is 0 Å². The first kappa shape index (κ1) is 60.2. The first-order valence-electron chi connectivity index (χ1n) is 25.8. The lowest BCUT2D eigenvalue weighted by atomic mass is 10.00. The lowest BCUT2D eigenvalue weighted by Gasteiger charge is -2.32. The van der Waals surface area contributed by atoms with Crippen molar-refractivity contribution in [2.75, 3.05) is 13.1 Å². The molecule has 2 aromatic rings. The number of hydrogen-bond acceptors (Lipinski definition) is 12. The summed E-state index contributed by atoms with van der Waals surface area (Å²) in [5.74, 6) is -11.3. The highest BCUT2D eigenvalue weighted by Crippen LogP contribution is 2.25. The fraction of sp³-hybridized carbons (Fsp3) is 0.608. The molecule has 1 unspecified atom stereocenters. The number of carbonyl (C=O) groups excluding carboxylic acids is 10. The predicted molar refractivity (Wildman–Crippen MR) is 271 cm³/mol. The van der Waals surface area contributed by atoms with Crippen molar-refractivity contribution < 1.29 is 67.7 Å². The number of primary amides is 1. The standard InChI is InChI=1S/C51H74N10O14/c1-6-8-15-33(56-46(69)35(20-21-41(63)43(52)66)57-47(70)36(26-42(64)65)54-29(5)62)44(67)55-34(16-9-7-2)45(68)58-37(24-28(3)4)49(72)60-22-12-18-39(60)48(71)59-38(50(73)61-23-13-19-40(61)51(74)75)25-30-27-53-32-17-11-10-14-31(30)32/h10-11,14,17,27-28,33-40,53H,6-9,12-13,15-16,18-26H2,1-5H3,(H2,52,66)(H,54,62)(H,55,67)(H,56,69)(H,57,70)(H,58,68)(H,59,71)(H,64,65)(H,74,75)/t33-,34-,35-,36?,37-,38-,39-,40-/m0/s1. The lowest BCUT2D eigenvalue weighted by molar-refractivity contribution is -0.149. The summed E-state index contributed by atoms with van der Waals surface area (Å²) >= 11 is 0. The van der Waals surface area contributed by atoms with E-state index < -0.39 is 138 Å². The van der Waals surface area contributed by atoms with Crippen LogP contribution in [-0.4, -0.2) is 157 Å². The quantitative estimate of drug-likeness (QED) is 0.0475. The van der Waals surface area contributed by atoms with Gasteiger partial charge in [-0.2, -0.15) is 0 Å². The molecule has 0 aliphatic carbocycles. The third kappa shape index (κ3) is 17.6. The molecular formula is C51H74N10O14. The largest absolute Gasteiger partial charge is 0.481 e. The summed E-state index contributed by atoms with van der Waals surface area (Å²) in [4.78, 5) is 164. The number of benzene rings is 1. The number of nitrogens with one attached hydrogen (secondary N) is 7. The summed E-state index contributed by atoms with van der Waals surface area (Å²) in [6.45, 7) is 8.76. The molecule has 24 heteroatoms. The van der Waals surface area contributed by atoms with Gasteiger partial charge >= 0.3 is 11.9 Å². The van der Waals surface area contributed by atoms with E-state index >= 15 is 0 Å². The molecule has 412 valence electrons. The molecule has 75 heavy (non-hydrogen) atoms. The van der Waals surface area contributed by atoms with E-state index in [2.05, 4.69) is 36.9 Å². The van der Waals surface area contributed by atoms with Gasteiger partial charge in [-0.25, -0.2) is 4.79 Å². The van der Waals surface area contributed by atoms with Crippen LogP contribution in [0.1, 0.15) is 130 Å². The molecule has 4 rings (SSSR count). The number of Topliss-reactive ketones (excluding diaryl/α,β-unsaturated/α-hetero) is 1. The average Bonchev–Trinajstić information content (AvgIpc) is 4.15. The Kier molecular flexibility index (Phi) is 23.2. The number of para-hydroxylation sites is 1. The Morgan fingerprint density at radius 1 is 0.667 bits per heavy atom. The van der Waals surface area contributed by atoms with Gasteiger partial charge in [0.05, 0.1) is 6.42 Å². The molecule has 2 fully saturated rings. The molecule has 9 amide bonds. The van der Waals surface area contributed by atoms with Crippen molar-refractivity contribution in [1.29, 1.82) is 0 Å². The van der Waals surface area contributed by atoms with Crippen LogP contribution in [0, 0.1) is 5.92 Å². The molecule has 8 atom stereocenters. The van der Waals surface area contributed by atoms with E-state index in [0.29, 0.717) is 44.1 Å². The van der Waals surface area contributed by atoms with Crippen LogP contribution in [-0.2, 0) is 64.0 Å². The normalized spacial score (nSPS) is 17.7. The summed E-state index contributed by atoms with van der Waals surface area (Å²) < 4.78 is 0. The number of carbonyl (C=O) groups is 12. The highest BCUT2D eigenvalue weighted by atomic mass is 16.4. The maximum absolute atomic E-state index is 14.6. The van der Waals surface area contributed by atoms with Gasteiger partial charge in [-0.1, -0.05) is 71.6 Å². The molecule has 0 radical (unpaired) electrons. The maximum Gasteiger partial charge on any atom is 0.326 e. The molecular weight excluding hydrogens is 977 g/mol. The molecule has 1 aromatic heterocycles. The number of amides is 9. The van der Waals surface area contributed by atoms with Crippen LogP contribution < -0.4 is 37.6 Å². The Morgan fingerprint density at radius 3 is 1.69 bits per heavy atom. The number of unbranched alkanes of at least 4 members (excludes halogenated alkanes) is 2. The average molecular weight is 1050 g/mol. The Hall–Kier alpha value is -7.40. The molecule has 0 spiro atoms. The Labute approximate surface area is 435 Å². The van der Waals surface area contributed by atoms with Crippen LogP contribution in [0.15, 0.2) is 30.5 Å². The van der Waals surface area contributed by atoms with Crippen LogP contribution in [0.3, 0.4) is 0 Å². The van der Waals surface area contributed by atoms with Gasteiger partial charge in [0.15, 0.2) is 0 Å². The van der Waals surface area contributed by atoms with Crippen molar-refractivity contribution in [1.82, 2.24) is 46.7 Å². The number of aromatic nitrogens is 1. The highest BCUT2D eigenvalue weighted by Gasteiger charge is 2.43. The number of carboxylic acid groups (broad SMARTS) is 2. The number of carboxylic acids is 2. The molecule has 11 N–H and O–H groups in total. The zero-order valence-electron chi connectivity index (χ0n) is 43.4. The predicted octanol–water partition coefficient (Wildman–Crippen LogP) is 0.441. The third-order valence-electron chi connectivity index (χ3n) is 13.3. The first-order chi connectivity index (χ1) is 35.6. The van der Waals surface area contributed by atoms with Crippen molar-refractivity contribution in [2.45, 2.75) is 179 Å². The first-order valence-corrected chi connectivity index (χ1v) is 25.8. The summed E-state index contributed by atoms with van der Waals surface area (Å²) in [7, 11) is 0. The maximum atomic E-state index is 14.6. The van der Waals surface area contributed by atoms with Crippen LogP contribution in [0.4, 0.5) is 0 Å². The van der Waals surface area contributed by atoms with Gasteiger partial charge in [0.1, 0.15) is 48.3 Å². The minimum atomic E-state index is -1.64. The molecule has 3 heterocycles. The number of likely N-dealkylation sites (tertiary alicyclic amines) is 2. The van der Waals surface area contributed by atoms with E-state index in [-0.39, 0.29) is 57.5 Å². The van der Waals surface area contributed by atoms with Crippen LogP contribution in [0.25, 0.3) is 10.9 Å². The van der Waals surface area contributed by atoms with E-state index in [1.165, 1.54) is 9.80 Å². The Morgan fingerprint density at radius 2 is 1.17 bits per heavy atom. The minimum Gasteiger partial charge on any atom is -0.481 e. The topological polar surface area (TPSA) is 366 Å². The lowest BCUT2D eigenvalue weighted by Crippen LogP contribution is -2.60. The smallest absolute Gasteiger partial charge is 0.326 e. The molecule has 2 saturated heterocycles. The molecule has 1 aromatic carbocycles. The van der Waals surface area contributed by atoms with Crippen molar-refractivity contribution >= 4 is 81.8 Å². The fourth-order valence-electron chi connectivity index (χ4n) is 9.41. The van der Waals surface area contributed by atoms with E-state index in [4.69, 9.17) is 5.73 Å². The van der Waals surface area contributed by atoms with Crippen LogP contribution in [0.5, 0.6) is 0 Å². The highest BCUT2D eigenvalue weighted by molar-refractivity contribution is 6.35. The number of rotatable bonds is 30. The number of aromatic amines is 1. The zero-order valence-corrected chi connectivity index (χ0v) is 43.4.